The van der Waals surface area contributed by atoms with E-state index >= 15 is 0 Å². The maximum Gasteiger partial charge on any atom is 0.341 e. The van der Waals surface area contributed by atoms with Crippen LogP contribution in [0.5, 0.6) is 0 Å². The minimum absolute atomic E-state index is 0.100. The number of carbonyl (C=O) groups is 1. The van der Waals surface area contributed by atoms with Crippen LogP contribution in [0.4, 0.5) is 14.5 Å². The third-order valence-electron chi connectivity index (χ3n) is 5.99. The summed E-state index contributed by atoms with van der Waals surface area (Å²) in [6.07, 6.45) is 7.59. The monoisotopic (exact) mass is 443 g/mol. The van der Waals surface area contributed by atoms with Crippen molar-refractivity contribution in [2.45, 2.75) is 49.2 Å². The first-order valence-electron chi connectivity index (χ1n) is 10.7. The van der Waals surface area contributed by atoms with E-state index in [4.69, 9.17) is 0 Å². The third kappa shape index (κ3) is 6.21. The number of benzene rings is 1. The summed E-state index contributed by atoms with van der Waals surface area (Å²) in [6, 6.07) is 5.30. The predicted octanol–water partition coefficient (Wildman–Crippen LogP) is 3.21. The van der Waals surface area contributed by atoms with Crippen LogP contribution in [-0.2, 0) is 14.6 Å². The zero-order valence-electron chi connectivity index (χ0n) is 17.2. The fraction of sp³-hybridized carbons (Fsp3) is 0.667. The molecule has 168 valence electrons. The maximum absolute atomic E-state index is 12.9. The van der Waals surface area contributed by atoms with Gasteiger partial charge < -0.3 is 10.2 Å². The zero-order valence-corrected chi connectivity index (χ0v) is 18.0. The molecular weight excluding hydrogens is 412 g/mol. The molecule has 2 aliphatic rings. The summed E-state index contributed by atoms with van der Waals surface area (Å²) in [7, 11) is -4.78. The molecule has 0 radical (unpaired) electrons. The van der Waals surface area contributed by atoms with Gasteiger partial charge in [0.25, 0.3) is 0 Å². The van der Waals surface area contributed by atoms with Gasteiger partial charge in [0.1, 0.15) is 0 Å². The van der Waals surface area contributed by atoms with Crippen LogP contribution < -0.4 is 5.32 Å². The lowest BCUT2D eigenvalue weighted by Crippen LogP contribution is -2.37. The summed E-state index contributed by atoms with van der Waals surface area (Å²) in [5.41, 5.74) is -0.100. The van der Waals surface area contributed by atoms with Crippen LogP contribution in [0.2, 0.25) is 0 Å². The smallest absolute Gasteiger partial charge is 0.324 e. The average molecular weight is 444 g/mol. The number of nitrogens with zero attached hydrogens (tertiary/aromatic N) is 2. The second kappa shape index (κ2) is 10.6. The highest BCUT2D eigenvalue weighted by Gasteiger charge is 2.29. The zero-order chi connectivity index (χ0) is 21.6. The van der Waals surface area contributed by atoms with Crippen LogP contribution in [0, 0.1) is 5.92 Å². The highest BCUT2D eigenvalue weighted by atomic mass is 32.2. The number of para-hydroxylation sites is 1. The minimum atomic E-state index is -4.78. The van der Waals surface area contributed by atoms with Gasteiger partial charge in [-0.25, -0.2) is 8.42 Å². The Morgan fingerprint density at radius 2 is 1.67 bits per heavy atom. The van der Waals surface area contributed by atoms with Crippen molar-refractivity contribution >= 4 is 21.4 Å². The Labute approximate surface area is 177 Å². The molecule has 0 spiro atoms. The van der Waals surface area contributed by atoms with Crippen LogP contribution in [0.3, 0.4) is 0 Å². The number of rotatable bonds is 7. The summed E-state index contributed by atoms with van der Waals surface area (Å²) >= 11 is 0. The van der Waals surface area contributed by atoms with Gasteiger partial charge in [-0.1, -0.05) is 31.4 Å². The number of alkyl halides is 2. The number of hydrogen-bond acceptors (Lipinski definition) is 5. The molecule has 1 aliphatic carbocycles. The highest BCUT2D eigenvalue weighted by molar-refractivity contribution is 7.91. The Bertz CT molecular complexity index is 813. The topological polar surface area (TPSA) is 69.7 Å². The summed E-state index contributed by atoms with van der Waals surface area (Å²) in [5, 5.41) is 2.51. The van der Waals surface area contributed by atoms with Crippen LogP contribution >= 0.6 is 0 Å². The summed E-state index contributed by atoms with van der Waals surface area (Å²) in [6.45, 7) is 4.70. The van der Waals surface area contributed by atoms with E-state index in [2.05, 4.69) is 10.2 Å². The lowest BCUT2D eigenvalue weighted by Gasteiger charge is -2.28. The molecule has 30 heavy (non-hydrogen) atoms. The van der Waals surface area contributed by atoms with Crippen LogP contribution in [0.1, 0.15) is 38.5 Å². The molecule has 0 aromatic heterocycles. The van der Waals surface area contributed by atoms with E-state index in [-0.39, 0.29) is 12.2 Å². The van der Waals surface area contributed by atoms with Gasteiger partial charge in [0, 0.05) is 19.6 Å². The van der Waals surface area contributed by atoms with Crippen molar-refractivity contribution in [2.24, 2.45) is 5.92 Å². The number of nitrogens with one attached hydrogen (secondary N) is 1. The summed E-state index contributed by atoms with van der Waals surface area (Å²) in [5.74, 6) is -3.15. The fourth-order valence-electron chi connectivity index (χ4n) is 4.41. The van der Waals surface area contributed by atoms with Gasteiger partial charge in [0.15, 0.2) is 0 Å². The third-order valence-corrected chi connectivity index (χ3v) is 7.43. The molecule has 1 saturated carbocycles. The number of sulfone groups is 1. The van der Waals surface area contributed by atoms with Crippen molar-refractivity contribution in [1.82, 2.24) is 9.80 Å². The van der Waals surface area contributed by atoms with E-state index in [9.17, 15) is 22.0 Å². The Balaban J connectivity index is 1.53. The lowest BCUT2D eigenvalue weighted by molar-refractivity contribution is -0.117. The summed E-state index contributed by atoms with van der Waals surface area (Å²) in [4.78, 5) is 16.5. The standard InChI is InChI=1S/C21H31F2N3O3S/c22-21(23)30(28,29)19-10-5-4-9-18(19)24-20(27)16-26-12-6-11-25(13-14-26)15-17-7-2-1-3-8-17/h4-5,9-10,17,21H,1-3,6-8,11-16H2,(H,24,27). The van der Waals surface area contributed by atoms with Crippen molar-refractivity contribution in [3.8, 4) is 0 Å². The molecular formula is C21H31F2N3O3S. The van der Waals surface area contributed by atoms with Crippen molar-refractivity contribution in [3.63, 3.8) is 0 Å². The first-order chi connectivity index (χ1) is 14.4. The molecule has 1 N–H and O–H groups in total. The van der Waals surface area contributed by atoms with Crippen molar-refractivity contribution < 1.29 is 22.0 Å². The number of hydrogen-bond donors (Lipinski definition) is 1. The van der Waals surface area contributed by atoms with Crippen LogP contribution in [-0.4, -0.2) is 69.2 Å². The number of halogens is 2. The Hall–Kier alpha value is -1.58. The van der Waals surface area contributed by atoms with Gasteiger partial charge in [0.2, 0.25) is 15.7 Å². The van der Waals surface area contributed by atoms with Crippen LogP contribution in [0.25, 0.3) is 0 Å². The second-order valence-electron chi connectivity index (χ2n) is 8.28. The molecule has 1 saturated heterocycles. The number of anilines is 1. The van der Waals surface area contributed by atoms with Gasteiger partial charge >= 0.3 is 5.76 Å². The maximum atomic E-state index is 12.9. The van der Waals surface area contributed by atoms with Gasteiger partial charge in [-0.2, -0.15) is 8.78 Å². The molecule has 1 aliphatic heterocycles. The Morgan fingerprint density at radius 1 is 1.00 bits per heavy atom. The minimum Gasteiger partial charge on any atom is -0.324 e. The number of amides is 1. The molecule has 2 fully saturated rings. The normalized spacial score (nSPS) is 20.2. The SMILES string of the molecule is O=C(CN1CCCN(CC2CCCCC2)CC1)Nc1ccccc1S(=O)(=O)C(F)F. The average Bonchev–Trinajstić information content (AvgIpc) is 2.94. The van der Waals surface area contributed by atoms with Crippen molar-refractivity contribution in [3.05, 3.63) is 24.3 Å². The van der Waals surface area contributed by atoms with E-state index < -0.39 is 26.4 Å². The van der Waals surface area contributed by atoms with Gasteiger partial charge in [-0.3, -0.25) is 9.69 Å². The Kier molecular flexibility index (Phi) is 8.19. The molecule has 1 heterocycles. The Morgan fingerprint density at radius 3 is 2.40 bits per heavy atom. The lowest BCUT2D eigenvalue weighted by atomic mass is 9.89. The molecule has 0 unspecified atom stereocenters. The molecule has 3 rings (SSSR count). The van der Waals surface area contributed by atoms with Crippen molar-refractivity contribution in [1.29, 1.82) is 0 Å². The molecule has 0 atom stereocenters. The number of carbonyl (C=O) groups excluding carboxylic acids is 1. The first-order valence-corrected chi connectivity index (χ1v) is 12.3. The molecule has 9 heteroatoms. The van der Waals surface area contributed by atoms with E-state index in [0.29, 0.717) is 0 Å². The molecule has 0 bridgehead atoms. The summed E-state index contributed by atoms with van der Waals surface area (Å²) < 4.78 is 49.6. The molecule has 1 aromatic carbocycles. The van der Waals surface area contributed by atoms with E-state index in [1.807, 2.05) is 4.90 Å². The molecule has 1 amide bonds. The first kappa shape index (κ1) is 23.1. The quantitative estimate of drug-likeness (QED) is 0.701. The van der Waals surface area contributed by atoms with E-state index in [0.717, 1.165) is 51.1 Å². The van der Waals surface area contributed by atoms with E-state index in [1.54, 1.807) is 0 Å². The second-order valence-corrected chi connectivity index (χ2v) is 10.2. The van der Waals surface area contributed by atoms with E-state index in [1.165, 1.54) is 50.3 Å². The largest absolute Gasteiger partial charge is 0.341 e. The fourth-order valence-corrected chi connectivity index (χ4v) is 5.29. The predicted molar refractivity (Wildman–Crippen MR) is 112 cm³/mol. The van der Waals surface area contributed by atoms with Gasteiger partial charge in [0.05, 0.1) is 17.1 Å². The van der Waals surface area contributed by atoms with Crippen molar-refractivity contribution in [2.75, 3.05) is 44.6 Å². The highest BCUT2D eigenvalue weighted by Crippen LogP contribution is 2.26. The molecule has 1 aromatic rings. The van der Waals surface area contributed by atoms with Gasteiger partial charge in [-0.05, 0) is 50.4 Å². The molecule has 6 nitrogen and oxygen atoms in total. The van der Waals surface area contributed by atoms with Crippen LogP contribution in [0.15, 0.2) is 29.2 Å². The van der Waals surface area contributed by atoms with Gasteiger partial charge in [-0.15, -0.1) is 0 Å².